The van der Waals surface area contributed by atoms with Crippen molar-refractivity contribution in [2.75, 3.05) is 11.1 Å². The van der Waals surface area contributed by atoms with E-state index in [2.05, 4.69) is 21.2 Å². The molecule has 0 heterocycles. The predicted molar refractivity (Wildman–Crippen MR) is 85.8 cm³/mol. The average Bonchev–Trinajstić information content (AvgIpc) is 2.50. The van der Waals surface area contributed by atoms with E-state index in [1.54, 1.807) is 24.3 Å². The van der Waals surface area contributed by atoms with Crippen molar-refractivity contribution < 1.29 is 22.0 Å². The van der Waals surface area contributed by atoms with Crippen LogP contribution in [0.3, 0.4) is 0 Å². The monoisotopic (exact) mass is 403 g/mol. The molecule has 0 saturated heterocycles. The Labute approximate surface area is 140 Å². The van der Waals surface area contributed by atoms with Gasteiger partial charge in [0.25, 0.3) is 0 Å². The fourth-order valence-electron chi connectivity index (χ4n) is 1.77. The molecule has 2 rings (SSSR count). The second-order valence-electron chi connectivity index (χ2n) is 4.70. The first-order valence-electron chi connectivity index (χ1n) is 6.51. The summed E-state index contributed by atoms with van der Waals surface area (Å²) in [5.41, 5.74) is 0.531. The van der Waals surface area contributed by atoms with Crippen LogP contribution >= 0.6 is 15.9 Å². The second kappa shape index (κ2) is 7.18. The average molecular weight is 404 g/mol. The van der Waals surface area contributed by atoms with Gasteiger partial charge >= 0.3 is 0 Å². The van der Waals surface area contributed by atoms with Gasteiger partial charge in [0.15, 0.2) is 21.5 Å². The van der Waals surface area contributed by atoms with Gasteiger partial charge in [0.1, 0.15) is 0 Å². The molecule has 0 aliphatic heterocycles. The van der Waals surface area contributed by atoms with Crippen molar-refractivity contribution in [2.24, 2.45) is 0 Å². The lowest BCUT2D eigenvalue weighted by molar-refractivity contribution is -0.115. The minimum atomic E-state index is -3.87. The topological polar surface area (TPSA) is 63.2 Å². The maximum Gasteiger partial charge on any atom is 0.225 e. The quantitative estimate of drug-likeness (QED) is 0.776. The van der Waals surface area contributed by atoms with Crippen molar-refractivity contribution in [1.82, 2.24) is 0 Å². The number of anilines is 1. The Balaban J connectivity index is 1.99. The van der Waals surface area contributed by atoms with E-state index in [0.717, 1.165) is 16.6 Å². The summed E-state index contributed by atoms with van der Waals surface area (Å²) in [7, 11) is -3.87. The number of benzene rings is 2. The maximum atomic E-state index is 13.1. The van der Waals surface area contributed by atoms with Gasteiger partial charge in [-0.2, -0.15) is 0 Å². The number of amides is 1. The van der Waals surface area contributed by atoms with E-state index in [4.69, 9.17) is 0 Å². The van der Waals surface area contributed by atoms with Gasteiger partial charge in [0.2, 0.25) is 5.91 Å². The highest BCUT2D eigenvalue weighted by molar-refractivity contribution is 9.10. The first-order valence-corrected chi connectivity index (χ1v) is 8.96. The Bertz CT molecular complexity index is 823. The Morgan fingerprint density at radius 2 is 1.70 bits per heavy atom. The van der Waals surface area contributed by atoms with Crippen LogP contribution in [-0.2, 0) is 14.6 Å². The zero-order valence-corrected chi connectivity index (χ0v) is 14.1. The molecule has 0 spiro atoms. The normalized spacial score (nSPS) is 11.3. The molecule has 0 aliphatic rings. The van der Waals surface area contributed by atoms with Crippen LogP contribution in [0.5, 0.6) is 0 Å². The molecule has 0 fully saturated rings. The molecular formula is C15H12BrF2NO3S. The summed E-state index contributed by atoms with van der Waals surface area (Å²) in [6.45, 7) is 0. The molecule has 1 N–H and O–H groups in total. The van der Waals surface area contributed by atoms with Crippen LogP contribution in [0.15, 0.2) is 51.8 Å². The van der Waals surface area contributed by atoms with Crippen molar-refractivity contribution in [3.05, 3.63) is 58.6 Å². The van der Waals surface area contributed by atoms with Crippen molar-refractivity contribution in [1.29, 1.82) is 0 Å². The van der Waals surface area contributed by atoms with E-state index < -0.39 is 33.1 Å². The third-order valence-electron chi connectivity index (χ3n) is 2.98. The van der Waals surface area contributed by atoms with Crippen LogP contribution < -0.4 is 5.32 Å². The third kappa shape index (κ3) is 4.84. The van der Waals surface area contributed by atoms with Crippen molar-refractivity contribution in [3.63, 3.8) is 0 Å². The van der Waals surface area contributed by atoms with E-state index in [-0.39, 0.29) is 11.3 Å². The molecule has 0 saturated carbocycles. The highest BCUT2D eigenvalue weighted by Gasteiger charge is 2.18. The zero-order chi connectivity index (χ0) is 17.0. The summed E-state index contributed by atoms with van der Waals surface area (Å²) in [4.78, 5) is 11.4. The van der Waals surface area contributed by atoms with Gasteiger partial charge in [-0.3, -0.25) is 4.79 Å². The predicted octanol–water partition coefficient (Wildman–Crippen LogP) is 3.53. The molecule has 0 bridgehead atoms. The molecule has 122 valence electrons. The summed E-state index contributed by atoms with van der Waals surface area (Å²) in [6.07, 6.45) is -0.294. The molecule has 0 aliphatic carbocycles. The second-order valence-corrected chi connectivity index (χ2v) is 7.72. The molecule has 23 heavy (non-hydrogen) atoms. The van der Waals surface area contributed by atoms with Crippen LogP contribution in [0.1, 0.15) is 6.42 Å². The van der Waals surface area contributed by atoms with Crippen molar-refractivity contribution >= 4 is 37.4 Å². The lowest BCUT2D eigenvalue weighted by Crippen LogP contribution is -2.17. The Kier molecular flexibility index (Phi) is 5.48. The number of rotatable bonds is 5. The first kappa shape index (κ1) is 17.6. The van der Waals surface area contributed by atoms with Gasteiger partial charge in [-0.05, 0) is 42.5 Å². The number of hydrogen-bond acceptors (Lipinski definition) is 3. The zero-order valence-electron chi connectivity index (χ0n) is 11.7. The lowest BCUT2D eigenvalue weighted by Gasteiger charge is -2.07. The SMILES string of the molecule is O=C(CCS(=O)(=O)c1ccc(F)c(F)c1)Nc1ccc(Br)cc1. The third-order valence-corrected chi connectivity index (χ3v) is 5.22. The molecule has 0 atom stereocenters. The Morgan fingerprint density at radius 3 is 2.30 bits per heavy atom. The van der Waals surface area contributed by atoms with E-state index in [1.165, 1.54) is 0 Å². The standard InChI is InChI=1S/C15H12BrF2NO3S/c16-10-1-3-11(4-2-10)19-15(20)7-8-23(21,22)12-5-6-13(17)14(18)9-12/h1-6,9H,7-8H2,(H,19,20). The summed E-state index contributed by atoms with van der Waals surface area (Å²) >= 11 is 3.26. The number of sulfone groups is 1. The summed E-state index contributed by atoms with van der Waals surface area (Å²) in [5, 5.41) is 2.56. The molecule has 0 unspecified atom stereocenters. The minimum Gasteiger partial charge on any atom is -0.326 e. The van der Waals surface area contributed by atoms with Gasteiger partial charge in [-0.25, -0.2) is 17.2 Å². The summed E-state index contributed by atoms with van der Waals surface area (Å²) in [5.74, 6) is -3.36. The van der Waals surface area contributed by atoms with Crippen LogP contribution in [0.2, 0.25) is 0 Å². The highest BCUT2D eigenvalue weighted by Crippen LogP contribution is 2.17. The van der Waals surface area contributed by atoms with Gasteiger partial charge in [-0.15, -0.1) is 0 Å². The molecule has 1 amide bonds. The molecule has 2 aromatic rings. The van der Waals surface area contributed by atoms with Gasteiger partial charge in [0, 0.05) is 16.6 Å². The van der Waals surface area contributed by atoms with Crippen molar-refractivity contribution in [3.8, 4) is 0 Å². The van der Waals surface area contributed by atoms with Crippen LogP contribution in [-0.4, -0.2) is 20.1 Å². The molecule has 8 heteroatoms. The number of hydrogen-bond donors (Lipinski definition) is 1. The fraction of sp³-hybridized carbons (Fsp3) is 0.133. The van der Waals surface area contributed by atoms with E-state index >= 15 is 0 Å². The number of carbonyl (C=O) groups is 1. The van der Waals surface area contributed by atoms with Crippen LogP contribution in [0.25, 0.3) is 0 Å². The lowest BCUT2D eigenvalue weighted by atomic mass is 10.3. The van der Waals surface area contributed by atoms with E-state index in [0.29, 0.717) is 11.8 Å². The van der Waals surface area contributed by atoms with Crippen LogP contribution in [0, 0.1) is 11.6 Å². The molecule has 2 aromatic carbocycles. The van der Waals surface area contributed by atoms with Gasteiger partial charge < -0.3 is 5.32 Å². The summed E-state index contributed by atoms with van der Waals surface area (Å²) < 4.78 is 50.8. The molecule has 0 radical (unpaired) electrons. The Hall–Kier alpha value is -1.80. The van der Waals surface area contributed by atoms with Crippen molar-refractivity contribution in [2.45, 2.75) is 11.3 Å². The fourth-order valence-corrected chi connectivity index (χ4v) is 3.28. The molecule has 0 aromatic heterocycles. The number of carbonyl (C=O) groups excluding carboxylic acids is 1. The minimum absolute atomic E-state index is 0.294. The smallest absolute Gasteiger partial charge is 0.225 e. The highest BCUT2D eigenvalue weighted by atomic mass is 79.9. The maximum absolute atomic E-state index is 13.1. The van der Waals surface area contributed by atoms with Gasteiger partial charge in [0.05, 0.1) is 10.6 Å². The van der Waals surface area contributed by atoms with Crippen LogP contribution in [0.4, 0.5) is 14.5 Å². The molecular weight excluding hydrogens is 392 g/mol. The van der Waals surface area contributed by atoms with Gasteiger partial charge in [-0.1, -0.05) is 15.9 Å². The Morgan fingerprint density at radius 1 is 1.04 bits per heavy atom. The summed E-state index contributed by atoms with van der Waals surface area (Å²) in [6, 6.07) is 9.10. The number of nitrogens with one attached hydrogen (secondary N) is 1. The number of halogens is 3. The largest absolute Gasteiger partial charge is 0.326 e. The van der Waals surface area contributed by atoms with E-state index in [1.807, 2.05) is 0 Å². The van der Waals surface area contributed by atoms with E-state index in [9.17, 15) is 22.0 Å². The first-order chi connectivity index (χ1) is 10.8. The molecule has 4 nitrogen and oxygen atoms in total.